The van der Waals surface area contributed by atoms with E-state index in [1.807, 2.05) is 6.92 Å². The number of unbranched alkanes of at least 4 members (excludes halogenated alkanes) is 9. The predicted octanol–water partition coefficient (Wildman–Crippen LogP) is 3.56. The zero-order chi connectivity index (χ0) is 21.2. The maximum absolute atomic E-state index is 12.6. The van der Waals surface area contributed by atoms with Crippen molar-refractivity contribution in [3.8, 4) is 0 Å². The Labute approximate surface area is 172 Å². The van der Waals surface area contributed by atoms with Crippen LogP contribution in [0, 0.1) is 5.92 Å². The van der Waals surface area contributed by atoms with Crippen molar-refractivity contribution in [3.05, 3.63) is 27.2 Å². The van der Waals surface area contributed by atoms with Crippen molar-refractivity contribution in [2.45, 2.75) is 84.1 Å². The fourth-order valence-electron chi connectivity index (χ4n) is 3.81. The van der Waals surface area contributed by atoms with Gasteiger partial charge in [0.15, 0.2) is 11.2 Å². The number of aryl methyl sites for hydroxylation is 2. The third-order valence-electron chi connectivity index (χ3n) is 5.72. The van der Waals surface area contributed by atoms with Crippen LogP contribution in [0.1, 0.15) is 77.6 Å². The first kappa shape index (κ1) is 23.1. The summed E-state index contributed by atoms with van der Waals surface area (Å²) in [7, 11) is 3.44. The van der Waals surface area contributed by atoms with Gasteiger partial charge >= 0.3 is 5.69 Å². The minimum Gasteiger partial charge on any atom is -0.328 e. The molecule has 0 fully saturated rings. The van der Waals surface area contributed by atoms with Crippen LogP contribution in [0.2, 0.25) is 0 Å². The topological polar surface area (TPSA) is 78.9 Å². The van der Waals surface area contributed by atoms with Crippen LogP contribution >= 0.6 is 0 Å². The van der Waals surface area contributed by atoms with Gasteiger partial charge in [-0.15, -0.1) is 0 Å². The fourth-order valence-corrected chi connectivity index (χ4v) is 3.81. The number of carbonyl (C=O) groups is 1. The normalized spacial score (nSPS) is 12.5. The lowest BCUT2D eigenvalue weighted by Gasteiger charge is -2.08. The Morgan fingerprint density at radius 3 is 2.07 bits per heavy atom. The Kier molecular flexibility index (Phi) is 9.35. The van der Waals surface area contributed by atoms with Crippen molar-refractivity contribution in [2.24, 2.45) is 20.0 Å². The lowest BCUT2D eigenvalue weighted by Crippen LogP contribution is -2.39. The highest BCUT2D eigenvalue weighted by Gasteiger charge is 2.14. The summed E-state index contributed by atoms with van der Waals surface area (Å²) in [6.45, 7) is 2.45. The molecule has 2 aromatic rings. The number of hydrogen-bond acceptors (Lipinski definition) is 4. The van der Waals surface area contributed by atoms with E-state index in [4.69, 9.17) is 0 Å². The second kappa shape index (κ2) is 11.7. The van der Waals surface area contributed by atoms with E-state index in [0.29, 0.717) is 17.7 Å². The Morgan fingerprint density at radius 1 is 0.931 bits per heavy atom. The smallest absolute Gasteiger partial charge is 0.328 e. The molecule has 0 amide bonds. The number of nitrogens with zero attached hydrogens (tertiary/aromatic N) is 4. The molecule has 1 atom stereocenters. The summed E-state index contributed by atoms with van der Waals surface area (Å²) in [5, 5.41) is 0. The zero-order valence-corrected chi connectivity index (χ0v) is 18.2. The van der Waals surface area contributed by atoms with E-state index in [0.717, 1.165) is 38.4 Å². The second-order valence-corrected chi connectivity index (χ2v) is 8.26. The number of aldehydes is 1. The van der Waals surface area contributed by atoms with Gasteiger partial charge in [0.1, 0.15) is 6.29 Å². The average molecular weight is 405 g/mol. The van der Waals surface area contributed by atoms with E-state index in [1.54, 1.807) is 25.0 Å². The average Bonchev–Trinajstić information content (AvgIpc) is 3.10. The molecule has 7 nitrogen and oxygen atoms in total. The van der Waals surface area contributed by atoms with E-state index in [1.165, 1.54) is 47.7 Å². The largest absolute Gasteiger partial charge is 0.332 e. The molecule has 0 N–H and O–H groups in total. The number of imidazole rings is 1. The van der Waals surface area contributed by atoms with Gasteiger partial charge in [-0.3, -0.25) is 13.9 Å². The van der Waals surface area contributed by atoms with E-state index >= 15 is 0 Å². The first-order valence-corrected chi connectivity index (χ1v) is 11.0. The van der Waals surface area contributed by atoms with Crippen molar-refractivity contribution in [2.75, 3.05) is 0 Å². The molecule has 0 aliphatic heterocycles. The molecule has 0 aliphatic carbocycles. The van der Waals surface area contributed by atoms with Crippen molar-refractivity contribution in [1.29, 1.82) is 0 Å². The molecule has 1 unspecified atom stereocenters. The molecule has 0 aromatic carbocycles. The molecule has 0 spiro atoms. The third kappa shape index (κ3) is 6.41. The monoisotopic (exact) mass is 404 g/mol. The van der Waals surface area contributed by atoms with Crippen LogP contribution in [-0.2, 0) is 25.4 Å². The maximum Gasteiger partial charge on any atom is 0.332 e. The van der Waals surface area contributed by atoms with Gasteiger partial charge < -0.3 is 9.36 Å². The second-order valence-electron chi connectivity index (χ2n) is 8.26. The SMILES string of the molecule is CC(C=O)CCCCCCCCCCCCn1c(=O)c2c(ncn2C)n(C)c1=O. The summed E-state index contributed by atoms with van der Waals surface area (Å²) in [5.74, 6) is 0.206. The van der Waals surface area contributed by atoms with Crippen LogP contribution in [-0.4, -0.2) is 25.0 Å². The molecule has 0 radical (unpaired) electrons. The Morgan fingerprint density at radius 2 is 1.48 bits per heavy atom. The summed E-state index contributed by atoms with van der Waals surface area (Å²) < 4.78 is 4.47. The number of rotatable bonds is 14. The summed E-state index contributed by atoms with van der Waals surface area (Å²) >= 11 is 0. The zero-order valence-electron chi connectivity index (χ0n) is 18.2. The van der Waals surface area contributed by atoms with Crippen molar-refractivity contribution in [3.63, 3.8) is 0 Å². The van der Waals surface area contributed by atoms with Crippen LogP contribution in [0.15, 0.2) is 15.9 Å². The van der Waals surface area contributed by atoms with Gasteiger partial charge in [0.25, 0.3) is 5.56 Å². The number of hydrogen-bond donors (Lipinski definition) is 0. The van der Waals surface area contributed by atoms with Crippen LogP contribution in [0.3, 0.4) is 0 Å². The number of fused-ring (bicyclic) bond motifs is 1. The van der Waals surface area contributed by atoms with Crippen LogP contribution in [0.25, 0.3) is 11.2 Å². The maximum atomic E-state index is 12.6. The van der Waals surface area contributed by atoms with E-state index in [2.05, 4.69) is 4.98 Å². The molecule has 0 bridgehead atoms. The predicted molar refractivity (Wildman–Crippen MR) is 116 cm³/mol. The molecule has 2 aromatic heterocycles. The highest BCUT2D eigenvalue weighted by molar-refractivity contribution is 5.69. The van der Waals surface area contributed by atoms with Crippen molar-refractivity contribution >= 4 is 17.5 Å². The van der Waals surface area contributed by atoms with Crippen LogP contribution in [0.5, 0.6) is 0 Å². The summed E-state index contributed by atoms with van der Waals surface area (Å²) in [4.78, 5) is 39.8. The number of aromatic nitrogens is 4. The summed E-state index contributed by atoms with van der Waals surface area (Å²) in [5.41, 5.74) is 0.388. The molecule has 7 heteroatoms. The van der Waals surface area contributed by atoms with Crippen LogP contribution < -0.4 is 11.2 Å². The van der Waals surface area contributed by atoms with E-state index in [9.17, 15) is 14.4 Å². The Balaban J connectivity index is 1.62. The molecule has 2 rings (SSSR count). The molecule has 29 heavy (non-hydrogen) atoms. The Hall–Kier alpha value is -2.18. The van der Waals surface area contributed by atoms with Gasteiger partial charge in [-0.2, -0.15) is 0 Å². The molecule has 0 saturated heterocycles. The highest BCUT2D eigenvalue weighted by atomic mass is 16.2. The highest BCUT2D eigenvalue weighted by Crippen LogP contribution is 2.13. The van der Waals surface area contributed by atoms with Gasteiger partial charge in [0, 0.05) is 26.6 Å². The van der Waals surface area contributed by atoms with Gasteiger partial charge in [0.2, 0.25) is 0 Å². The van der Waals surface area contributed by atoms with Gasteiger partial charge in [0.05, 0.1) is 6.33 Å². The minimum atomic E-state index is -0.288. The van der Waals surface area contributed by atoms with Gasteiger partial charge in [-0.1, -0.05) is 64.7 Å². The minimum absolute atomic E-state index is 0.206. The molecule has 2 heterocycles. The lowest BCUT2D eigenvalue weighted by molar-refractivity contribution is -0.110. The lowest BCUT2D eigenvalue weighted by atomic mass is 10.0. The molecular weight excluding hydrogens is 368 g/mol. The summed E-state index contributed by atoms with van der Waals surface area (Å²) in [6, 6.07) is 0. The van der Waals surface area contributed by atoms with Crippen molar-refractivity contribution < 1.29 is 4.79 Å². The van der Waals surface area contributed by atoms with Crippen LogP contribution in [0.4, 0.5) is 0 Å². The first-order valence-electron chi connectivity index (χ1n) is 11.0. The van der Waals surface area contributed by atoms with E-state index < -0.39 is 0 Å². The van der Waals surface area contributed by atoms with Crippen molar-refractivity contribution in [1.82, 2.24) is 18.7 Å². The Bertz CT molecular complexity index is 894. The first-order chi connectivity index (χ1) is 14.0. The standard InChI is InChI=1S/C22H36N4O3/c1-18(16-27)14-12-10-8-6-4-5-7-9-11-13-15-26-21(28)19-20(23-17-24(19)2)25(3)22(26)29/h16-18H,4-15H2,1-3H3. The number of carbonyl (C=O) groups excluding carboxylic acids is 1. The molecule has 0 saturated carbocycles. The summed E-state index contributed by atoms with van der Waals surface area (Å²) in [6.07, 6.45) is 15.3. The third-order valence-corrected chi connectivity index (χ3v) is 5.72. The fraction of sp³-hybridized carbons (Fsp3) is 0.727. The molecular formula is C22H36N4O3. The molecule has 0 aliphatic rings. The van der Waals surface area contributed by atoms with E-state index in [-0.39, 0.29) is 17.2 Å². The van der Waals surface area contributed by atoms with Gasteiger partial charge in [-0.05, 0) is 12.8 Å². The molecule has 162 valence electrons. The van der Waals surface area contributed by atoms with Gasteiger partial charge in [-0.25, -0.2) is 9.78 Å². The quantitative estimate of drug-likeness (QED) is 0.356.